The minimum absolute atomic E-state index is 0.00430. The van der Waals surface area contributed by atoms with Crippen molar-refractivity contribution in [3.8, 4) is 6.07 Å². The number of hydrogen-bond acceptors (Lipinski definition) is 6. The lowest BCUT2D eigenvalue weighted by Crippen LogP contribution is -2.27. The summed E-state index contributed by atoms with van der Waals surface area (Å²) in [6, 6.07) is 8.91. The summed E-state index contributed by atoms with van der Waals surface area (Å²) in [5, 5.41) is 17.6. The topological polar surface area (TPSA) is 99.6 Å². The molecule has 0 aliphatic rings. The maximum atomic E-state index is 12.8. The molecule has 1 N–H and O–H groups in total. The minimum Gasteiger partial charge on any atom is -0.308 e. The summed E-state index contributed by atoms with van der Waals surface area (Å²) in [5.74, 6) is -1.40. The highest BCUT2D eigenvalue weighted by atomic mass is 32.2. The second kappa shape index (κ2) is 8.08. The summed E-state index contributed by atoms with van der Waals surface area (Å²) in [6.45, 7) is 5.36. The molecular formula is C18H20N4O2S. The van der Waals surface area contributed by atoms with E-state index in [-0.39, 0.29) is 28.8 Å². The van der Waals surface area contributed by atoms with E-state index in [1.54, 1.807) is 22.8 Å². The number of thioether (sulfide) groups is 1. The number of aromatic nitrogens is 2. The Labute approximate surface area is 150 Å². The highest BCUT2D eigenvalue weighted by Crippen LogP contribution is 2.23. The molecule has 0 saturated carbocycles. The van der Waals surface area contributed by atoms with E-state index in [0.717, 1.165) is 18.2 Å². The molecule has 0 fully saturated rings. The number of Topliss-reactive ketones (excluding diaryl/α,β-unsaturated/α-hetero) is 1. The zero-order valence-electron chi connectivity index (χ0n) is 14.4. The standard InChI is InChI=1S/C18H20N4O2S/c1-4-11(2)22-17(24)13-7-5-6-8-15(13)21-18(22)25-10-16(23)14(9-19)12(3)20/h5-8,11,14,20H,4,10H2,1-3H3/t11-,14+/m1/s1. The summed E-state index contributed by atoms with van der Waals surface area (Å²) in [4.78, 5) is 29.6. The molecule has 0 amide bonds. The van der Waals surface area contributed by atoms with Gasteiger partial charge in [-0.25, -0.2) is 4.98 Å². The van der Waals surface area contributed by atoms with Gasteiger partial charge in [0.25, 0.3) is 5.56 Å². The quantitative estimate of drug-likeness (QED) is 0.466. The predicted molar refractivity (Wildman–Crippen MR) is 99.2 cm³/mol. The summed E-state index contributed by atoms with van der Waals surface area (Å²) >= 11 is 1.14. The van der Waals surface area contributed by atoms with E-state index in [1.165, 1.54) is 6.92 Å². The summed E-state index contributed by atoms with van der Waals surface area (Å²) in [5.41, 5.74) is 0.482. The summed E-state index contributed by atoms with van der Waals surface area (Å²) < 4.78 is 1.61. The molecule has 6 nitrogen and oxygen atoms in total. The number of nitrogens with zero attached hydrogens (tertiary/aromatic N) is 3. The van der Waals surface area contributed by atoms with Crippen LogP contribution in [0.2, 0.25) is 0 Å². The fraction of sp³-hybridized carbons (Fsp3) is 0.389. The van der Waals surface area contributed by atoms with Crippen LogP contribution >= 0.6 is 11.8 Å². The molecule has 25 heavy (non-hydrogen) atoms. The van der Waals surface area contributed by atoms with E-state index in [9.17, 15) is 9.59 Å². The lowest BCUT2D eigenvalue weighted by atomic mass is 10.0. The molecule has 7 heteroatoms. The van der Waals surface area contributed by atoms with Gasteiger partial charge in [-0.05, 0) is 32.4 Å². The highest BCUT2D eigenvalue weighted by Gasteiger charge is 2.22. The number of nitrogens with one attached hydrogen (secondary N) is 1. The molecule has 0 unspecified atom stereocenters. The first-order chi connectivity index (χ1) is 11.9. The first kappa shape index (κ1) is 18.9. The average Bonchev–Trinajstić information content (AvgIpc) is 2.59. The van der Waals surface area contributed by atoms with Crippen molar-refractivity contribution >= 4 is 34.2 Å². The molecule has 130 valence electrons. The Hall–Kier alpha value is -2.46. The van der Waals surface area contributed by atoms with Crippen LogP contribution in [0.4, 0.5) is 0 Å². The van der Waals surface area contributed by atoms with Crippen molar-refractivity contribution in [1.29, 1.82) is 10.7 Å². The molecule has 0 aliphatic carbocycles. The average molecular weight is 356 g/mol. The Kier molecular flexibility index (Phi) is 6.10. The Bertz CT molecular complexity index is 913. The summed E-state index contributed by atoms with van der Waals surface area (Å²) in [6.07, 6.45) is 0.752. The van der Waals surface area contributed by atoms with Gasteiger partial charge in [-0.1, -0.05) is 30.8 Å². The number of para-hydroxylation sites is 1. The third-order valence-corrected chi connectivity index (χ3v) is 5.01. The molecule has 2 aromatic rings. The normalized spacial score (nSPS) is 13.2. The van der Waals surface area contributed by atoms with Crippen molar-refractivity contribution in [2.24, 2.45) is 5.92 Å². The third-order valence-electron chi connectivity index (χ3n) is 4.03. The largest absolute Gasteiger partial charge is 0.308 e. The van der Waals surface area contributed by atoms with Gasteiger partial charge in [0, 0.05) is 11.8 Å². The van der Waals surface area contributed by atoms with Gasteiger partial charge in [-0.15, -0.1) is 0 Å². The van der Waals surface area contributed by atoms with Crippen molar-refractivity contribution in [1.82, 2.24) is 9.55 Å². The van der Waals surface area contributed by atoms with E-state index >= 15 is 0 Å². The minimum atomic E-state index is -1.04. The van der Waals surface area contributed by atoms with Crippen LogP contribution in [0.3, 0.4) is 0 Å². The molecule has 1 heterocycles. The van der Waals surface area contributed by atoms with Gasteiger partial charge in [-0.3, -0.25) is 14.2 Å². The van der Waals surface area contributed by atoms with Crippen LogP contribution in [0.15, 0.2) is 34.2 Å². The molecule has 0 bridgehead atoms. The van der Waals surface area contributed by atoms with Crippen molar-refractivity contribution in [2.75, 3.05) is 5.75 Å². The number of carbonyl (C=O) groups is 1. The third kappa shape index (κ3) is 3.97. The van der Waals surface area contributed by atoms with Crippen LogP contribution in [-0.4, -0.2) is 26.8 Å². The molecule has 0 saturated heterocycles. The number of carbonyl (C=O) groups excluding carboxylic acids is 1. The van der Waals surface area contributed by atoms with Crippen molar-refractivity contribution in [3.05, 3.63) is 34.6 Å². The van der Waals surface area contributed by atoms with Gasteiger partial charge in [0.2, 0.25) is 0 Å². The second-order valence-electron chi connectivity index (χ2n) is 5.84. The van der Waals surface area contributed by atoms with Gasteiger partial charge >= 0.3 is 0 Å². The van der Waals surface area contributed by atoms with Gasteiger partial charge in [0.15, 0.2) is 10.9 Å². The zero-order valence-corrected chi connectivity index (χ0v) is 15.3. The Balaban J connectivity index is 2.43. The fourth-order valence-corrected chi connectivity index (χ4v) is 3.43. The van der Waals surface area contributed by atoms with Crippen LogP contribution < -0.4 is 5.56 Å². The molecule has 0 spiro atoms. The van der Waals surface area contributed by atoms with Gasteiger partial charge in [-0.2, -0.15) is 5.26 Å². The monoisotopic (exact) mass is 356 g/mol. The molecule has 0 aliphatic heterocycles. The maximum absolute atomic E-state index is 12.8. The van der Waals surface area contributed by atoms with Crippen molar-refractivity contribution in [3.63, 3.8) is 0 Å². The second-order valence-corrected chi connectivity index (χ2v) is 6.79. The van der Waals surface area contributed by atoms with Crippen LogP contribution in [0, 0.1) is 22.7 Å². The Morgan fingerprint density at radius 3 is 2.72 bits per heavy atom. The van der Waals surface area contributed by atoms with Gasteiger partial charge < -0.3 is 5.41 Å². The molecule has 2 rings (SSSR count). The van der Waals surface area contributed by atoms with E-state index in [0.29, 0.717) is 16.1 Å². The first-order valence-corrected chi connectivity index (χ1v) is 9.00. The van der Waals surface area contributed by atoms with E-state index in [4.69, 9.17) is 10.7 Å². The van der Waals surface area contributed by atoms with Crippen LogP contribution in [-0.2, 0) is 4.79 Å². The Morgan fingerprint density at radius 2 is 2.12 bits per heavy atom. The Morgan fingerprint density at radius 1 is 1.44 bits per heavy atom. The molecule has 2 atom stereocenters. The number of ketones is 1. The molecule has 1 aromatic carbocycles. The smallest absolute Gasteiger partial charge is 0.262 e. The zero-order chi connectivity index (χ0) is 18.6. The van der Waals surface area contributed by atoms with E-state index in [1.807, 2.05) is 26.0 Å². The van der Waals surface area contributed by atoms with Crippen molar-refractivity contribution < 1.29 is 4.79 Å². The fourth-order valence-electron chi connectivity index (χ4n) is 2.43. The lowest BCUT2D eigenvalue weighted by molar-refractivity contribution is -0.117. The number of rotatable bonds is 7. The number of hydrogen-bond donors (Lipinski definition) is 1. The summed E-state index contributed by atoms with van der Waals surface area (Å²) in [7, 11) is 0. The highest BCUT2D eigenvalue weighted by molar-refractivity contribution is 7.99. The van der Waals surface area contributed by atoms with Crippen LogP contribution in [0.25, 0.3) is 10.9 Å². The lowest BCUT2D eigenvalue weighted by Gasteiger charge is -2.18. The van der Waals surface area contributed by atoms with E-state index in [2.05, 4.69) is 4.98 Å². The van der Waals surface area contributed by atoms with Crippen molar-refractivity contribution in [2.45, 2.75) is 38.4 Å². The number of benzene rings is 1. The van der Waals surface area contributed by atoms with E-state index < -0.39 is 5.92 Å². The molecule has 0 radical (unpaired) electrons. The first-order valence-electron chi connectivity index (χ1n) is 8.02. The van der Waals surface area contributed by atoms with Gasteiger partial charge in [0.1, 0.15) is 5.92 Å². The van der Waals surface area contributed by atoms with Crippen LogP contribution in [0.1, 0.15) is 33.2 Å². The predicted octanol–water partition coefficient (Wildman–Crippen LogP) is 3.21. The molecular weight excluding hydrogens is 336 g/mol. The van der Waals surface area contributed by atoms with Gasteiger partial charge in [0.05, 0.1) is 22.7 Å². The maximum Gasteiger partial charge on any atom is 0.262 e. The number of fused-ring (bicyclic) bond motifs is 1. The van der Waals surface area contributed by atoms with Crippen LogP contribution in [0.5, 0.6) is 0 Å². The SMILES string of the molecule is CC[C@@H](C)n1c(SCC(=O)[C@@H](C#N)C(C)=N)nc2ccccc2c1=O. The molecule has 1 aromatic heterocycles. The number of nitriles is 1.